The van der Waals surface area contributed by atoms with E-state index >= 15 is 0 Å². The summed E-state index contributed by atoms with van der Waals surface area (Å²) in [5, 5.41) is 15.8. The highest BCUT2D eigenvalue weighted by Gasteiger charge is 2.30. The molecule has 1 rings (SSSR count). The quantitative estimate of drug-likeness (QED) is 0.175. The second kappa shape index (κ2) is 9.93. The van der Waals surface area contributed by atoms with Crippen LogP contribution in [-0.4, -0.2) is 23.2 Å². The normalized spacial score (nSPS) is 12.4. The Morgan fingerprint density at radius 1 is 1.54 bits per heavy atom. The predicted molar refractivity (Wildman–Crippen MR) is 101 cm³/mol. The Morgan fingerprint density at radius 3 is 2.88 bits per heavy atom. The minimum Gasteiger partial charge on any atom is -0.356 e. The van der Waals surface area contributed by atoms with Gasteiger partial charge < -0.3 is 5.32 Å². The maximum atomic E-state index is 11.9. The van der Waals surface area contributed by atoms with Gasteiger partial charge in [-0.15, -0.1) is 12.6 Å². The SMILES string of the molecule is CC(C#N)(CCC(=O)NCCCN=[N+]=[N-])c1ccccc1C(=S)S. The largest absolute Gasteiger partial charge is 0.356 e. The minimum absolute atomic E-state index is 0.136. The highest BCUT2D eigenvalue weighted by molar-refractivity contribution is 8.11. The lowest BCUT2D eigenvalue weighted by Crippen LogP contribution is -2.29. The van der Waals surface area contributed by atoms with Gasteiger partial charge in [-0.25, -0.2) is 0 Å². The van der Waals surface area contributed by atoms with E-state index < -0.39 is 5.41 Å². The lowest BCUT2D eigenvalue weighted by Gasteiger charge is -2.24. The molecule has 24 heavy (non-hydrogen) atoms. The molecule has 1 aromatic carbocycles. The molecule has 1 N–H and O–H groups in total. The van der Waals surface area contributed by atoms with E-state index in [2.05, 4.69) is 34.0 Å². The number of carbonyl (C=O) groups excluding carboxylic acids is 1. The van der Waals surface area contributed by atoms with Crippen LogP contribution in [0.25, 0.3) is 10.4 Å². The van der Waals surface area contributed by atoms with E-state index in [1.807, 2.05) is 24.3 Å². The fourth-order valence-corrected chi connectivity index (χ4v) is 2.65. The van der Waals surface area contributed by atoms with Crippen LogP contribution in [0.15, 0.2) is 29.4 Å². The number of carbonyl (C=O) groups is 1. The van der Waals surface area contributed by atoms with Crippen LogP contribution >= 0.6 is 24.8 Å². The Hall–Kier alpha value is -2.07. The number of hydrogen-bond donors (Lipinski definition) is 2. The first-order chi connectivity index (χ1) is 11.4. The number of nitrogens with zero attached hydrogens (tertiary/aromatic N) is 4. The maximum Gasteiger partial charge on any atom is 0.220 e. The van der Waals surface area contributed by atoms with Crippen LogP contribution in [0.5, 0.6) is 0 Å². The molecule has 0 aromatic heterocycles. The molecule has 1 amide bonds. The van der Waals surface area contributed by atoms with Gasteiger partial charge in [0.15, 0.2) is 0 Å². The number of benzene rings is 1. The molecular weight excluding hydrogens is 342 g/mol. The van der Waals surface area contributed by atoms with Crippen LogP contribution in [0.2, 0.25) is 0 Å². The van der Waals surface area contributed by atoms with Crippen molar-refractivity contribution in [1.29, 1.82) is 5.26 Å². The van der Waals surface area contributed by atoms with Crippen molar-refractivity contribution in [2.45, 2.75) is 31.6 Å². The van der Waals surface area contributed by atoms with Crippen LogP contribution in [0, 0.1) is 11.3 Å². The number of azide groups is 1. The van der Waals surface area contributed by atoms with E-state index in [0.29, 0.717) is 30.1 Å². The lowest BCUT2D eigenvalue weighted by molar-refractivity contribution is -0.121. The van der Waals surface area contributed by atoms with Crippen molar-refractivity contribution in [2.24, 2.45) is 5.11 Å². The fraction of sp³-hybridized carbons (Fsp3) is 0.438. The Labute approximate surface area is 152 Å². The topological polar surface area (TPSA) is 102 Å². The highest BCUT2D eigenvalue weighted by Crippen LogP contribution is 2.32. The summed E-state index contributed by atoms with van der Waals surface area (Å²) in [7, 11) is 0. The van der Waals surface area contributed by atoms with Crippen LogP contribution < -0.4 is 5.32 Å². The number of rotatable bonds is 9. The molecule has 0 radical (unpaired) electrons. The fourth-order valence-electron chi connectivity index (χ4n) is 2.28. The van der Waals surface area contributed by atoms with Gasteiger partial charge >= 0.3 is 0 Å². The predicted octanol–water partition coefficient (Wildman–Crippen LogP) is 3.67. The van der Waals surface area contributed by atoms with Crippen molar-refractivity contribution in [1.82, 2.24) is 5.32 Å². The molecule has 0 aliphatic heterocycles. The molecule has 0 saturated carbocycles. The van der Waals surface area contributed by atoms with Crippen LogP contribution in [0.1, 0.15) is 37.3 Å². The average Bonchev–Trinajstić information content (AvgIpc) is 2.59. The summed E-state index contributed by atoms with van der Waals surface area (Å²) >= 11 is 9.35. The summed E-state index contributed by atoms with van der Waals surface area (Å²) < 4.78 is 0.426. The summed E-state index contributed by atoms with van der Waals surface area (Å²) in [6, 6.07) is 9.66. The van der Waals surface area contributed by atoms with Gasteiger partial charge in [0, 0.05) is 30.0 Å². The van der Waals surface area contributed by atoms with Gasteiger partial charge in [0.1, 0.15) is 0 Å². The molecule has 0 fully saturated rings. The van der Waals surface area contributed by atoms with E-state index in [1.165, 1.54) is 0 Å². The smallest absolute Gasteiger partial charge is 0.220 e. The number of thiocarbonyl (C=S) groups is 1. The monoisotopic (exact) mass is 361 g/mol. The second-order valence-corrected chi connectivity index (χ2v) is 6.61. The third-order valence-corrected chi connectivity index (χ3v) is 4.13. The molecule has 0 aliphatic rings. The first-order valence-electron chi connectivity index (χ1n) is 7.46. The van der Waals surface area contributed by atoms with Crippen LogP contribution in [0.3, 0.4) is 0 Å². The maximum absolute atomic E-state index is 11.9. The minimum atomic E-state index is -0.828. The van der Waals surface area contributed by atoms with E-state index in [-0.39, 0.29) is 12.3 Å². The molecule has 0 aliphatic carbocycles. The van der Waals surface area contributed by atoms with Gasteiger partial charge in [-0.3, -0.25) is 4.79 Å². The van der Waals surface area contributed by atoms with Crippen molar-refractivity contribution in [3.8, 4) is 6.07 Å². The molecule has 126 valence electrons. The molecule has 0 saturated heterocycles. The highest BCUT2D eigenvalue weighted by atomic mass is 32.1. The number of thiol groups is 1. The van der Waals surface area contributed by atoms with Gasteiger partial charge in [-0.2, -0.15) is 5.26 Å². The van der Waals surface area contributed by atoms with E-state index in [4.69, 9.17) is 17.7 Å². The molecule has 6 nitrogen and oxygen atoms in total. The summed E-state index contributed by atoms with van der Waals surface area (Å²) in [4.78, 5) is 14.6. The van der Waals surface area contributed by atoms with Crippen LogP contribution in [-0.2, 0) is 10.2 Å². The van der Waals surface area contributed by atoms with Crippen molar-refractivity contribution < 1.29 is 4.79 Å². The zero-order valence-corrected chi connectivity index (χ0v) is 15.1. The standard InChI is InChI=1S/C16H19N5OS2/c1-16(11-17,13-6-3-2-5-12(13)15(23)24)8-7-14(22)19-9-4-10-20-21-18/h2-3,5-6H,4,7-10H2,1H3,(H,19,22)(H,23,24). The molecule has 1 aromatic rings. The zero-order valence-electron chi connectivity index (χ0n) is 13.4. The molecular formula is C16H19N5OS2. The molecule has 0 bridgehead atoms. The molecule has 1 atom stereocenters. The van der Waals surface area contributed by atoms with E-state index in [0.717, 1.165) is 11.1 Å². The van der Waals surface area contributed by atoms with Crippen molar-refractivity contribution in [2.75, 3.05) is 13.1 Å². The van der Waals surface area contributed by atoms with E-state index in [1.54, 1.807) is 6.92 Å². The van der Waals surface area contributed by atoms with Gasteiger partial charge in [-0.05, 0) is 30.9 Å². The third-order valence-electron chi connectivity index (χ3n) is 3.67. The zero-order chi connectivity index (χ0) is 18.0. The Kier molecular flexibility index (Phi) is 8.27. The third kappa shape index (κ3) is 5.85. The molecule has 0 heterocycles. The first kappa shape index (κ1) is 20.0. The van der Waals surface area contributed by atoms with Gasteiger partial charge in [-0.1, -0.05) is 41.6 Å². The summed E-state index contributed by atoms with van der Waals surface area (Å²) in [5.41, 5.74) is 8.87. The number of hydrogen-bond acceptors (Lipinski definition) is 4. The number of nitrogens with one attached hydrogen (secondary N) is 1. The average molecular weight is 361 g/mol. The molecule has 0 spiro atoms. The number of nitriles is 1. The molecule has 8 heteroatoms. The summed E-state index contributed by atoms with van der Waals surface area (Å²) in [5.74, 6) is -0.136. The Bertz CT molecular complexity index is 694. The first-order valence-corrected chi connectivity index (χ1v) is 8.32. The Balaban J connectivity index is 2.70. The van der Waals surface area contributed by atoms with E-state index in [9.17, 15) is 10.1 Å². The molecule has 1 unspecified atom stereocenters. The van der Waals surface area contributed by atoms with Gasteiger partial charge in [0.05, 0.1) is 15.7 Å². The number of amides is 1. The van der Waals surface area contributed by atoms with Crippen molar-refractivity contribution in [3.05, 3.63) is 45.8 Å². The van der Waals surface area contributed by atoms with Gasteiger partial charge in [0.2, 0.25) is 5.91 Å². The van der Waals surface area contributed by atoms with Crippen LogP contribution in [0.4, 0.5) is 0 Å². The van der Waals surface area contributed by atoms with Gasteiger partial charge in [0.25, 0.3) is 0 Å². The summed E-state index contributed by atoms with van der Waals surface area (Å²) in [6.07, 6.45) is 1.18. The Morgan fingerprint density at radius 2 is 2.25 bits per heavy atom. The lowest BCUT2D eigenvalue weighted by atomic mass is 9.78. The summed E-state index contributed by atoms with van der Waals surface area (Å²) in [6.45, 7) is 2.59. The van der Waals surface area contributed by atoms with Crippen molar-refractivity contribution >= 4 is 35.0 Å². The van der Waals surface area contributed by atoms with Crippen molar-refractivity contribution in [3.63, 3.8) is 0 Å². The second-order valence-electron chi connectivity index (χ2n) is 5.45.